The Morgan fingerprint density at radius 2 is 1.70 bits per heavy atom. The predicted octanol–water partition coefficient (Wildman–Crippen LogP) is 3.60. The Morgan fingerprint density at radius 1 is 1.10 bits per heavy atom. The highest BCUT2D eigenvalue weighted by Gasteiger charge is 2.34. The van der Waals surface area contributed by atoms with Crippen LogP contribution in [0.5, 0.6) is 0 Å². The van der Waals surface area contributed by atoms with Crippen LogP contribution in [0.25, 0.3) is 0 Å². The number of allylic oxidation sites excluding steroid dienone is 2. The quantitative estimate of drug-likeness (QED) is 0.845. The summed E-state index contributed by atoms with van der Waals surface area (Å²) in [5.41, 5.74) is -2.34. The van der Waals surface area contributed by atoms with Gasteiger partial charge in [-0.05, 0) is 12.1 Å². The minimum Gasteiger partial charge on any atom is -0.344 e. The van der Waals surface area contributed by atoms with E-state index in [0.29, 0.717) is 0 Å². The molecular formula is C12H4ClF3N4. The van der Waals surface area contributed by atoms with E-state index in [1.807, 2.05) is 0 Å². The standard InChI is InChI=1S/C12H4ClF3N4/c13-11-8(12(14,15)16)2-1-3-9(11)20-10(6-19)7(4-17)5-18/h1-3,20H. The maximum absolute atomic E-state index is 12.6. The van der Waals surface area contributed by atoms with Gasteiger partial charge in [-0.2, -0.15) is 29.0 Å². The van der Waals surface area contributed by atoms with E-state index in [4.69, 9.17) is 27.4 Å². The zero-order chi connectivity index (χ0) is 15.3. The summed E-state index contributed by atoms with van der Waals surface area (Å²) in [6, 6.07) is 7.49. The van der Waals surface area contributed by atoms with Crippen LogP contribution in [0.1, 0.15) is 5.56 Å². The zero-order valence-electron chi connectivity index (χ0n) is 9.59. The fourth-order valence-corrected chi connectivity index (χ4v) is 1.55. The first-order valence-electron chi connectivity index (χ1n) is 4.92. The Kier molecular flexibility index (Phi) is 4.59. The van der Waals surface area contributed by atoms with Gasteiger partial charge in [0.2, 0.25) is 0 Å². The van der Waals surface area contributed by atoms with Gasteiger partial charge in [-0.15, -0.1) is 0 Å². The third-order valence-corrected chi connectivity index (χ3v) is 2.56. The van der Waals surface area contributed by atoms with E-state index >= 15 is 0 Å². The van der Waals surface area contributed by atoms with Crippen molar-refractivity contribution in [2.24, 2.45) is 0 Å². The summed E-state index contributed by atoms with van der Waals surface area (Å²) < 4.78 is 37.9. The number of benzene rings is 1. The zero-order valence-corrected chi connectivity index (χ0v) is 10.3. The van der Waals surface area contributed by atoms with Crippen LogP contribution >= 0.6 is 11.6 Å². The lowest BCUT2D eigenvalue weighted by Gasteiger charge is -2.13. The fourth-order valence-electron chi connectivity index (χ4n) is 1.27. The van der Waals surface area contributed by atoms with E-state index in [1.165, 1.54) is 24.3 Å². The molecule has 1 aromatic carbocycles. The van der Waals surface area contributed by atoms with Crippen molar-refractivity contribution in [1.29, 1.82) is 15.8 Å². The molecule has 0 saturated heterocycles. The average Bonchev–Trinajstić information content (AvgIpc) is 2.39. The van der Waals surface area contributed by atoms with E-state index < -0.39 is 28.0 Å². The monoisotopic (exact) mass is 296 g/mol. The highest BCUT2D eigenvalue weighted by molar-refractivity contribution is 6.34. The maximum Gasteiger partial charge on any atom is 0.417 e. The molecule has 100 valence electrons. The molecule has 0 radical (unpaired) electrons. The molecule has 0 aliphatic rings. The number of nitrogens with one attached hydrogen (secondary N) is 1. The van der Waals surface area contributed by atoms with Crippen LogP contribution in [0.3, 0.4) is 0 Å². The van der Waals surface area contributed by atoms with Gasteiger partial charge >= 0.3 is 6.18 Å². The summed E-state index contributed by atoms with van der Waals surface area (Å²) in [6.45, 7) is 0. The molecule has 8 heteroatoms. The van der Waals surface area contributed by atoms with Crippen molar-refractivity contribution in [1.82, 2.24) is 0 Å². The Labute approximate surface area is 116 Å². The molecular weight excluding hydrogens is 293 g/mol. The van der Waals surface area contributed by atoms with Crippen molar-refractivity contribution >= 4 is 17.3 Å². The van der Waals surface area contributed by atoms with Crippen LogP contribution in [0.15, 0.2) is 29.5 Å². The van der Waals surface area contributed by atoms with Crippen LogP contribution in [0.4, 0.5) is 18.9 Å². The third-order valence-electron chi connectivity index (χ3n) is 2.15. The fraction of sp³-hybridized carbons (Fsp3) is 0.0833. The molecule has 0 heterocycles. The normalized spacial score (nSPS) is 9.85. The first kappa shape index (κ1) is 15.4. The molecule has 0 aliphatic heterocycles. The maximum atomic E-state index is 12.6. The topological polar surface area (TPSA) is 83.4 Å². The number of nitrogens with zero attached hydrogens (tertiary/aromatic N) is 3. The van der Waals surface area contributed by atoms with Gasteiger partial charge in [0.05, 0.1) is 16.3 Å². The molecule has 0 fully saturated rings. The van der Waals surface area contributed by atoms with Crippen LogP contribution < -0.4 is 5.32 Å². The van der Waals surface area contributed by atoms with E-state index in [2.05, 4.69) is 5.32 Å². The first-order chi connectivity index (χ1) is 9.35. The van der Waals surface area contributed by atoms with Crippen LogP contribution in [-0.2, 0) is 6.18 Å². The second-order valence-electron chi connectivity index (χ2n) is 3.38. The van der Waals surface area contributed by atoms with E-state index in [-0.39, 0.29) is 5.69 Å². The van der Waals surface area contributed by atoms with Gasteiger partial charge in [0.15, 0.2) is 5.57 Å². The summed E-state index contributed by atoms with van der Waals surface area (Å²) in [6.07, 6.45) is -4.65. The van der Waals surface area contributed by atoms with Crippen molar-refractivity contribution in [3.63, 3.8) is 0 Å². The predicted molar refractivity (Wildman–Crippen MR) is 63.9 cm³/mol. The van der Waals surface area contributed by atoms with Crippen LogP contribution in [-0.4, -0.2) is 0 Å². The molecule has 1 N–H and O–H groups in total. The van der Waals surface area contributed by atoms with Crippen LogP contribution in [0.2, 0.25) is 5.02 Å². The Balaban J connectivity index is 3.33. The summed E-state index contributed by atoms with van der Waals surface area (Å²) in [5, 5.41) is 27.7. The van der Waals surface area contributed by atoms with Crippen molar-refractivity contribution in [3.8, 4) is 18.2 Å². The average molecular weight is 297 g/mol. The molecule has 20 heavy (non-hydrogen) atoms. The van der Waals surface area contributed by atoms with Crippen LogP contribution in [0, 0.1) is 34.0 Å². The van der Waals surface area contributed by atoms with Gasteiger partial charge in [0.25, 0.3) is 0 Å². The second-order valence-corrected chi connectivity index (χ2v) is 3.75. The van der Waals surface area contributed by atoms with Gasteiger partial charge < -0.3 is 5.32 Å². The van der Waals surface area contributed by atoms with Crippen molar-refractivity contribution in [3.05, 3.63) is 40.1 Å². The van der Waals surface area contributed by atoms with E-state index in [0.717, 1.165) is 12.1 Å². The SMILES string of the molecule is N#CC(C#N)=C(C#N)Nc1cccc(C(F)(F)F)c1Cl. The summed E-state index contributed by atoms with van der Waals surface area (Å²) in [4.78, 5) is 0. The Hall–Kier alpha value is -2.69. The van der Waals surface area contributed by atoms with Gasteiger partial charge in [-0.3, -0.25) is 0 Å². The first-order valence-corrected chi connectivity index (χ1v) is 5.30. The van der Waals surface area contributed by atoms with Crippen molar-refractivity contribution < 1.29 is 13.2 Å². The lowest BCUT2D eigenvalue weighted by atomic mass is 10.1. The number of halogens is 4. The van der Waals surface area contributed by atoms with E-state index in [9.17, 15) is 13.2 Å². The molecule has 1 rings (SSSR count). The van der Waals surface area contributed by atoms with E-state index in [1.54, 1.807) is 0 Å². The molecule has 4 nitrogen and oxygen atoms in total. The highest BCUT2D eigenvalue weighted by Crippen LogP contribution is 2.38. The molecule has 0 unspecified atom stereocenters. The second kappa shape index (κ2) is 5.97. The van der Waals surface area contributed by atoms with Gasteiger partial charge in [-0.25, -0.2) is 0 Å². The number of hydrogen-bond donors (Lipinski definition) is 1. The number of alkyl halides is 3. The van der Waals surface area contributed by atoms with Gasteiger partial charge in [0.1, 0.15) is 23.9 Å². The molecule has 0 aromatic heterocycles. The smallest absolute Gasteiger partial charge is 0.344 e. The molecule has 0 aliphatic carbocycles. The molecule has 0 spiro atoms. The lowest BCUT2D eigenvalue weighted by molar-refractivity contribution is -0.137. The van der Waals surface area contributed by atoms with Gasteiger partial charge in [-0.1, -0.05) is 17.7 Å². The summed E-state index contributed by atoms with van der Waals surface area (Å²) in [5.74, 6) is 0. The highest BCUT2D eigenvalue weighted by atomic mass is 35.5. The molecule has 0 saturated carbocycles. The summed E-state index contributed by atoms with van der Waals surface area (Å²) in [7, 11) is 0. The number of hydrogen-bond acceptors (Lipinski definition) is 4. The Morgan fingerprint density at radius 3 is 2.15 bits per heavy atom. The van der Waals surface area contributed by atoms with Gasteiger partial charge in [0, 0.05) is 0 Å². The number of nitriles is 3. The van der Waals surface area contributed by atoms with Crippen molar-refractivity contribution in [2.45, 2.75) is 6.18 Å². The largest absolute Gasteiger partial charge is 0.417 e. The molecule has 0 amide bonds. The third kappa shape index (κ3) is 3.20. The minimum atomic E-state index is -4.65. The van der Waals surface area contributed by atoms with Crippen molar-refractivity contribution in [2.75, 3.05) is 5.32 Å². The molecule has 1 aromatic rings. The number of anilines is 1. The molecule has 0 atom stereocenters. The Bertz CT molecular complexity index is 671. The number of rotatable bonds is 2. The molecule has 0 bridgehead atoms. The minimum absolute atomic E-state index is 0.221. The lowest BCUT2D eigenvalue weighted by Crippen LogP contribution is -2.08. The summed E-state index contributed by atoms with van der Waals surface area (Å²) >= 11 is 5.61.